The van der Waals surface area contributed by atoms with Crippen molar-refractivity contribution >= 4 is 11.6 Å². The SMILES string of the molecule is C[C@@H](N)c1ccc(Oc2ccc(F)cc2)c(Cl)c1. The molecule has 2 nitrogen and oxygen atoms in total. The Balaban J connectivity index is 2.22. The number of hydrogen-bond acceptors (Lipinski definition) is 2. The highest BCUT2D eigenvalue weighted by Gasteiger charge is 2.07. The summed E-state index contributed by atoms with van der Waals surface area (Å²) in [6.45, 7) is 1.88. The molecule has 94 valence electrons. The molecule has 0 heterocycles. The zero-order chi connectivity index (χ0) is 13.1. The monoisotopic (exact) mass is 265 g/mol. The molecular weight excluding hydrogens is 253 g/mol. The molecule has 1 atom stereocenters. The maximum atomic E-state index is 12.8. The van der Waals surface area contributed by atoms with Crippen LogP contribution < -0.4 is 10.5 Å². The Labute approximate surface area is 110 Å². The van der Waals surface area contributed by atoms with Crippen molar-refractivity contribution in [2.75, 3.05) is 0 Å². The predicted octanol–water partition coefficient (Wildman–Crippen LogP) is 4.29. The van der Waals surface area contributed by atoms with Crippen molar-refractivity contribution in [1.29, 1.82) is 0 Å². The predicted molar refractivity (Wildman–Crippen MR) is 70.5 cm³/mol. The minimum Gasteiger partial charge on any atom is -0.456 e. The summed E-state index contributed by atoms with van der Waals surface area (Å²) >= 11 is 6.10. The molecule has 2 rings (SSSR count). The molecule has 0 saturated heterocycles. The summed E-state index contributed by atoms with van der Waals surface area (Å²) in [5, 5.41) is 0.481. The number of hydrogen-bond donors (Lipinski definition) is 1. The highest BCUT2D eigenvalue weighted by atomic mass is 35.5. The lowest BCUT2D eigenvalue weighted by Gasteiger charge is -2.10. The fraction of sp³-hybridized carbons (Fsp3) is 0.143. The van der Waals surface area contributed by atoms with E-state index in [2.05, 4.69) is 0 Å². The zero-order valence-electron chi connectivity index (χ0n) is 9.86. The second-order valence-electron chi connectivity index (χ2n) is 4.03. The van der Waals surface area contributed by atoms with Gasteiger partial charge in [-0.1, -0.05) is 17.7 Å². The highest BCUT2D eigenvalue weighted by molar-refractivity contribution is 6.32. The molecule has 2 aromatic rings. The van der Waals surface area contributed by atoms with Gasteiger partial charge in [-0.15, -0.1) is 0 Å². The van der Waals surface area contributed by atoms with Crippen LogP contribution in [0.15, 0.2) is 42.5 Å². The molecule has 2 aromatic carbocycles. The number of rotatable bonds is 3. The van der Waals surface area contributed by atoms with Gasteiger partial charge in [-0.05, 0) is 48.9 Å². The molecule has 0 unspecified atom stereocenters. The first-order valence-corrected chi connectivity index (χ1v) is 5.92. The molecule has 0 amide bonds. The minimum atomic E-state index is -0.305. The molecule has 0 spiro atoms. The highest BCUT2D eigenvalue weighted by Crippen LogP contribution is 2.31. The Morgan fingerprint density at radius 3 is 2.39 bits per heavy atom. The lowest BCUT2D eigenvalue weighted by Crippen LogP contribution is -2.04. The molecule has 0 bridgehead atoms. The van der Waals surface area contributed by atoms with Crippen molar-refractivity contribution in [3.8, 4) is 11.5 Å². The largest absolute Gasteiger partial charge is 0.456 e. The van der Waals surface area contributed by atoms with Crippen LogP contribution in [0, 0.1) is 5.82 Å². The third-order valence-electron chi connectivity index (χ3n) is 2.52. The lowest BCUT2D eigenvalue weighted by molar-refractivity contribution is 0.480. The molecule has 2 N–H and O–H groups in total. The Morgan fingerprint density at radius 1 is 1.17 bits per heavy atom. The average Bonchev–Trinajstić information content (AvgIpc) is 2.34. The van der Waals surface area contributed by atoms with Crippen LogP contribution in [0.1, 0.15) is 18.5 Å². The summed E-state index contributed by atoms with van der Waals surface area (Å²) in [5.41, 5.74) is 6.70. The van der Waals surface area contributed by atoms with Crippen molar-refractivity contribution in [2.45, 2.75) is 13.0 Å². The third-order valence-corrected chi connectivity index (χ3v) is 2.82. The molecule has 18 heavy (non-hydrogen) atoms. The van der Waals surface area contributed by atoms with Gasteiger partial charge in [0.2, 0.25) is 0 Å². The Kier molecular flexibility index (Phi) is 3.84. The summed E-state index contributed by atoms with van der Waals surface area (Å²) in [7, 11) is 0. The quantitative estimate of drug-likeness (QED) is 0.898. The molecular formula is C14H13ClFNO. The van der Waals surface area contributed by atoms with Gasteiger partial charge in [-0.25, -0.2) is 4.39 Å². The summed E-state index contributed by atoms with van der Waals surface area (Å²) in [6, 6.07) is 11.1. The molecule has 0 radical (unpaired) electrons. The van der Waals surface area contributed by atoms with Gasteiger partial charge in [0.05, 0.1) is 5.02 Å². The van der Waals surface area contributed by atoms with Gasteiger partial charge in [-0.3, -0.25) is 0 Å². The molecule has 4 heteroatoms. The fourth-order valence-electron chi connectivity index (χ4n) is 1.51. The van der Waals surface area contributed by atoms with E-state index < -0.39 is 0 Å². The summed E-state index contributed by atoms with van der Waals surface area (Å²) in [6.07, 6.45) is 0. The van der Waals surface area contributed by atoms with Crippen LogP contribution in [-0.2, 0) is 0 Å². The van der Waals surface area contributed by atoms with Gasteiger partial charge in [-0.2, -0.15) is 0 Å². The van der Waals surface area contributed by atoms with Crippen molar-refractivity contribution in [3.05, 3.63) is 58.9 Å². The molecule has 0 aliphatic rings. The number of benzene rings is 2. The van der Waals surface area contributed by atoms with Crippen molar-refractivity contribution in [1.82, 2.24) is 0 Å². The van der Waals surface area contributed by atoms with E-state index in [1.54, 1.807) is 24.3 Å². The van der Waals surface area contributed by atoms with Crippen LogP contribution in [0.5, 0.6) is 11.5 Å². The van der Waals surface area contributed by atoms with E-state index in [1.165, 1.54) is 12.1 Å². The van der Waals surface area contributed by atoms with Gasteiger partial charge in [0.1, 0.15) is 17.3 Å². The van der Waals surface area contributed by atoms with Gasteiger partial charge in [0.15, 0.2) is 0 Å². The smallest absolute Gasteiger partial charge is 0.146 e. The molecule has 0 saturated carbocycles. The standard InChI is InChI=1S/C14H13ClFNO/c1-9(17)10-2-7-14(13(15)8-10)18-12-5-3-11(16)4-6-12/h2-9H,17H2,1H3/t9-/m1/s1. The minimum absolute atomic E-state index is 0.0811. The van der Waals surface area contributed by atoms with Crippen molar-refractivity contribution < 1.29 is 9.13 Å². The van der Waals surface area contributed by atoms with E-state index in [0.29, 0.717) is 16.5 Å². The first kappa shape index (κ1) is 12.9. The summed E-state index contributed by atoms with van der Waals surface area (Å²) < 4.78 is 18.3. The second kappa shape index (κ2) is 5.38. The fourth-order valence-corrected chi connectivity index (χ4v) is 1.74. The first-order valence-electron chi connectivity index (χ1n) is 5.54. The Hall–Kier alpha value is -1.58. The Morgan fingerprint density at radius 2 is 1.83 bits per heavy atom. The zero-order valence-corrected chi connectivity index (χ0v) is 10.6. The third kappa shape index (κ3) is 3.00. The van der Waals surface area contributed by atoms with Gasteiger partial charge in [0.25, 0.3) is 0 Å². The van der Waals surface area contributed by atoms with E-state index in [-0.39, 0.29) is 11.9 Å². The number of nitrogens with two attached hydrogens (primary N) is 1. The van der Waals surface area contributed by atoms with Crippen LogP contribution in [0.4, 0.5) is 4.39 Å². The maximum absolute atomic E-state index is 12.8. The topological polar surface area (TPSA) is 35.2 Å². The normalized spacial score (nSPS) is 12.2. The molecule has 0 fully saturated rings. The van der Waals surface area contributed by atoms with Crippen LogP contribution in [0.2, 0.25) is 5.02 Å². The van der Waals surface area contributed by atoms with Crippen molar-refractivity contribution in [2.24, 2.45) is 5.73 Å². The van der Waals surface area contributed by atoms with E-state index in [1.807, 2.05) is 13.0 Å². The number of halogens is 2. The molecule has 0 aromatic heterocycles. The molecule has 0 aliphatic heterocycles. The van der Waals surface area contributed by atoms with Crippen molar-refractivity contribution in [3.63, 3.8) is 0 Å². The first-order chi connectivity index (χ1) is 8.56. The van der Waals surface area contributed by atoms with E-state index >= 15 is 0 Å². The van der Waals surface area contributed by atoms with E-state index in [4.69, 9.17) is 22.1 Å². The Bertz CT molecular complexity index is 540. The molecule has 0 aliphatic carbocycles. The van der Waals surface area contributed by atoms with E-state index in [0.717, 1.165) is 5.56 Å². The van der Waals surface area contributed by atoms with Crippen LogP contribution in [-0.4, -0.2) is 0 Å². The van der Waals surface area contributed by atoms with Crippen LogP contribution >= 0.6 is 11.6 Å². The van der Waals surface area contributed by atoms with Gasteiger partial charge in [0, 0.05) is 6.04 Å². The van der Waals surface area contributed by atoms with E-state index in [9.17, 15) is 4.39 Å². The van der Waals surface area contributed by atoms with Crippen LogP contribution in [0.25, 0.3) is 0 Å². The van der Waals surface area contributed by atoms with Gasteiger partial charge < -0.3 is 10.5 Å². The second-order valence-corrected chi connectivity index (χ2v) is 4.44. The average molecular weight is 266 g/mol. The van der Waals surface area contributed by atoms with Crippen LogP contribution in [0.3, 0.4) is 0 Å². The summed E-state index contributed by atoms with van der Waals surface area (Å²) in [4.78, 5) is 0. The summed E-state index contributed by atoms with van der Waals surface area (Å²) in [5.74, 6) is 0.750. The number of ether oxygens (including phenoxy) is 1. The van der Waals surface area contributed by atoms with Gasteiger partial charge >= 0.3 is 0 Å². The lowest BCUT2D eigenvalue weighted by atomic mass is 10.1. The maximum Gasteiger partial charge on any atom is 0.146 e.